The molecule has 1 spiro atoms. The van der Waals surface area contributed by atoms with Gasteiger partial charge in [-0.3, -0.25) is 9.59 Å². The van der Waals surface area contributed by atoms with Crippen LogP contribution in [0.5, 0.6) is 0 Å². The van der Waals surface area contributed by atoms with E-state index in [-0.39, 0.29) is 24.2 Å². The first-order chi connectivity index (χ1) is 11.7. The van der Waals surface area contributed by atoms with Crippen molar-refractivity contribution in [2.24, 2.45) is 5.92 Å². The van der Waals surface area contributed by atoms with E-state index in [0.29, 0.717) is 13.0 Å². The van der Waals surface area contributed by atoms with Crippen molar-refractivity contribution < 1.29 is 14.3 Å². The maximum absolute atomic E-state index is 12.6. The molecule has 1 aliphatic heterocycles. The number of esters is 1. The zero-order chi connectivity index (χ0) is 16.6. The van der Waals surface area contributed by atoms with Crippen molar-refractivity contribution in [2.45, 2.75) is 44.1 Å². The zero-order valence-electron chi connectivity index (χ0n) is 13.4. The third kappa shape index (κ3) is 2.79. The maximum Gasteiger partial charge on any atom is 0.307 e. The summed E-state index contributed by atoms with van der Waals surface area (Å²) >= 11 is 1.66. The number of ether oxygens (including phenoxy) is 1. The molecular formula is C18H20N2O3S. The Morgan fingerprint density at radius 2 is 2.12 bits per heavy atom. The molecule has 2 aromatic rings. The van der Waals surface area contributed by atoms with Gasteiger partial charge in [0.05, 0.1) is 27.6 Å². The molecule has 1 N–H and O–H groups in total. The highest BCUT2D eigenvalue weighted by molar-refractivity contribution is 7.18. The van der Waals surface area contributed by atoms with Gasteiger partial charge in [0.1, 0.15) is 5.60 Å². The number of para-hydroxylation sites is 1. The van der Waals surface area contributed by atoms with Crippen LogP contribution in [0, 0.1) is 5.92 Å². The number of amides is 1. The van der Waals surface area contributed by atoms with Gasteiger partial charge < -0.3 is 10.1 Å². The third-order valence-corrected chi connectivity index (χ3v) is 6.16. The fraction of sp³-hybridized carbons (Fsp3) is 0.500. The number of hydrogen-bond acceptors (Lipinski definition) is 5. The Balaban J connectivity index is 1.37. The second-order valence-corrected chi connectivity index (χ2v) is 7.73. The Morgan fingerprint density at radius 3 is 2.92 bits per heavy atom. The van der Waals surface area contributed by atoms with Crippen molar-refractivity contribution in [2.75, 3.05) is 6.54 Å². The number of benzene rings is 1. The molecule has 1 aliphatic carbocycles. The van der Waals surface area contributed by atoms with Crippen LogP contribution < -0.4 is 5.32 Å². The van der Waals surface area contributed by atoms with Crippen molar-refractivity contribution in [3.05, 3.63) is 29.3 Å². The summed E-state index contributed by atoms with van der Waals surface area (Å²) in [6, 6.07) is 8.04. The first-order valence-electron chi connectivity index (χ1n) is 8.50. The highest BCUT2D eigenvalue weighted by Crippen LogP contribution is 2.45. The standard InChI is InChI=1S/C18H20N2O3S/c21-16-11-12(18(23-16)8-3-4-9-18)17(22)19-10-7-15-20-13-5-1-2-6-14(13)24-15/h1-2,5-6,12H,3-4,7-11H2,(H,19,22)/t12-/m1/s1. The Bertz CT molecular complexity index is 746. The Hall–Kier alpha value is -1.95. The lowest BCUT2D eigenvalue weighted by Gasteiger charge is -2.27. The van der Waals surface area contributed by atoms with Gasteiger partial charge >= 0.3 is 5.97 Å². The van der Waals surface area contributed by atoms with E-state index < -0.39 is 5.60 Å². The van der Waals surface area contributed by atoms with Gasteiger partial charge in [0, 0.05) is 13.0 Å². The van der Waals surface area contributed by atoms with Crippen molar-refractivity contribution in [1.29, 1.82) is 0 Å². The van der Waals surface area contributed by atoms with Crippen LogP contribution in [-0.2, 0) is 20.7 Å². The number of carbonyl (C=O) groups is 2. The van der Waals surface area contributed by atoms with Gasteiger partial charge in [-0.2, -0.15) is 0 Å². The number of carbonyl (C=O) groups excluding carboxylic acids is 2. The highest BCUT2D eigenvalue weighted by atomic mass is 32.1. The predicted octanol–water partition coefficient (Wildman–Crippen LogP) is 2.83. The Kier molecular flexibility index (Phi) is 4.00. The van der Waals surface area contributed by atoms with Crippen LogP contribution in [0.4, 0.5) is 0 Å². The summed E-state index contributed by atoms with van der Waals surface area (Å²) in [4.78, 5) is 28.8. The van der Waals surface area contributed by atoms with E-state index in [9.17, 15) is 9.59 Å². The summed E-state index contributed by atoms with van der Waals surface area (Å²) < 4.78 is 6.70. The highest BCUT2D eigenvalue weighted by Gasteiger charge is 2.53. The summed E-state index contributed by atoms with van der Waals surface area (Å²) in [6.07, 6.45) is 4.61. The molecular weight excluding hydrogens is 324 g/mol. The van der Waals surface area contributed by atoms with Crippen LogP contribution >= 0.6 is 11.3 Å². The molecule has 2 heterocycles. The molecule has 1 atom stereocenters. The van der Waals surface area contributed by atoms with Crippen molar-refractivity contribution >= 4 is 33.4 Å². The average Bonchev–Trinajstić information content (AvgIpc) is 3.26. The van der Waals surface area contributed by atoms with E-state index in [2.05, 4.69) is 16.4 Å². The lowest BCUT2D eigenvalue weighted by atomic mass is 9.85. The van der Waals surface area contributed by atoms with Gasteiger partial charge in [-0.05, 0) is 37.8 Å². The van der Waals surface area contributed by atoms with Crippen molar-refractivity contribution in [1.82, 2.24) is 10.3 Å². The summed E-state index contributed by atoms with van der Waals surface area (Å²) in [7, 11) is 0. The van der Waals surface area contributed by atoms with Gasteiger partial charge in [-0.25, -0.2) is 4.98 Å². The lowest BCUT2D eigenvalue weighted by Crippen LogP contribution is -2.43. The maximum atomic E-state index is 12.6. The van der Waals surface area contributed by atoms with Crippen LogP contribution in [-0.4, -0.2) is 29.0 Å². The summed E-state index contributed by atoms with van der Waals surface area (Å²) in [5.41, 5.74) is 0.473. The van der Waals surface area contributed by atoms with Crippen molar-refractivity contribution in [3.8, 4) is 0 Å². The smallest absolute Gasteiger partial charge is 0.307 e. The van der Waals surface area contributed by atoms with Crippen molar-refractivity contribution in [3.63, 3.8) is 0 Å². The van der Waals surface area contributed by atoms with Crippen LogP contribution in [0.2, 0.25) is 0 Å². The first kappa shape index (κ1) is 15.6. The molecule has 1 saturated carbocycles. The molecule has 0 unspecified atom stereocenters. The SMILES string of the molecule is O=C1C[C@H](C(=O)NCCc2nc3ccccc3s2)C2(CCCC2)O1. The molecule has 1 amide bonds. The molecule has 6 heteroatoms. The second kappa shape index (κ2) is 6.16. The Labute approximate surface area is 144 Å². The van der Waals surface area contributed by atoms with E-state index in [1.165, 1.54) is 4.70 Å². The van der Waals surface area contributed by atoms with Crippen LogP contribution in [0.1, 0.15) is 37.1 Å². The molecule has 0 bridgehead atoms. The predicted molar refractivity (Wildman–Crippen MR) is 91.7 cm³/mol. The number of hydrogen-bond donors (Lipinski definition) is 1. The molecule has 1 aromatic carbocycles. The topological polar surface area (TPSA) is 68.3 Å². The van der Waals surface area contributed by atoms with Crippen LogP contribution in [0.25, 0.3) is 10.2 Å². The van der Waals surface area contributed by atoms with Gasteiger partial charge in [-0.15, -0.1) is 11.3 Å². The number of thiazole rings is 1. The zero-order valence-corrected chi connectivity index (χ0v) is 14.2. The fourth-order valence-electron chi connectivity index (χ4n) is 3.89. The minimum Gasteiger partial charge on any atom is -0.458 e. The van der Waals surface area contributed by atoms with Crippen LogP contribution in [0.3, 0.4) is 0 Å². The van der Waals surface area contributed by atoms with Gasteiger partial charge in [0.25, 0.3) is 0 Å². The minimum atomic E-state index is -0.531. The molecule has 4 rings (SSSR count). The molecule has 5 nitrogen and oxygen atoms in total. The average molecular weight is 344 g/mol. The summed E-state index contributed by atoms with van der Waals surface area (Å²) in [5.74, 6) is -0.616. The first-order valence-corrected chi connectivity index (χ1v) is 9.32. The molecule has 2 aliphatic rings. The summed E-state index contributed by atoms with van der Waals surface area (Å²) in [6.45, 7) is 0.541. The van der Waals surface area contributed by atoms with Gasteiger partial charge in [0.2, 0.25) is 5.91 Å². The second-order valence-electron chi connectivity index (χ2n) is 6.62. The van der Waals surface area contributed by atoms with E-state index in [1.54, 1.807) is 11.3 Å². The summed E-state index contributed by atoms with van der Waals surface area (Å²) in [5, 5.41) is 4.00. The quantitative estimate of drug-likeness (QED) is 0.866. The number of nitrogens with zero attached hydrogens (tertiary/aromatic N) is 1. The molecule has 24 heavy (non-hydrogen) atoms. The monoisotopic (exact) mass is 344 g/mol. The largest absolute Gasteiger partial charge is 0.458 e. The fourth-order valence-corrected chi connectivity index (χ4v) is 4.86. The normalized spacial score (nSPS) is 22.2. The molecule has 1 aromatic heterocycles. The number of nitrogens with one attached hydrogen (secondary N) is 1. The number of aromatic nitrogens is 1. The lowest BCUT2D eigenvalue weighted by molar-refractivity contribution is -0.149. The number of fused-ring (bicyclic) bond motifs is 1. The molecule has 0 radical (unpaired) electrons. The molecule has 2 fully saturated rings. The van der Waals surface area contributed by atoms with E-state index in [1.807, 2.05) is 18.2 Å². The third-order valence-electron chi connectivity index (χ3n) is 5.07. The van der Waals surface area contributed by atoms with E-state index >= 15 is 0 Å². The molecule has 126 valence electrons. The molecule has 1 saturated heterocycles. The van der Waals surface area contributed by atoms with Crippen LogP contribution in [0.15, 0.2) is 24.3 Å². The van der Waals surface area contributed by atoms with E-state index in [0.717, 1.165) is 36.2 Å². The number of rotatable bonds is 4. The van der Waals surface area contributed by atoms with Gasteiger partial charge in [-0.1, -0.05) is 12.1 Å². The van der Waals surface area contributed by atoms with E-state index in [4.69, 9.17) is 4.74 Å². The van der Waals surface area contributed by atoms with Gasteiger partial charge in [0.15, 0.2) is 0 Å². The minimum absolute atomic E-state index is 0.0520. The Morgan fingerprint density at radius 1 is 1.33 bits per heavy atom.